The van der Waals surface area contributed by atoms with Crippen molar-refractivity contribution in [3.63, 3.8) is 0 Å². The van der Waals surface area contributed by atoms with Crippen LogP contribution in [0.15, 0.2) is 0 Å². The van der Waals surface area contributed by atoms with Crippen molar-refractivity contribution >= 4 is 29.0 Å². The molecular formula is C4H12N2Si3. The van der Waals surface area contributed by atoms with Crippen LogP contribution in [-0.4, -0.2) is 45.1 Å². The summed E-state index contributed by atoms with van der Waals surface area (Å²) in [4.78, 5) is 0. The first-order valence-corrected chi connectivity index (χ1v) is 7.16. The lowest BCUT2D eigenvalue weighted by atomic mass is 11.5. The van der Waals surface area contributed by atoms with E-state index < -0.39 is 0 Å². The van der Waals surface area contributed by atoms with Gasteiger partial charge in [-0.2, -0.15) is 0 Å². The van der Waals surface area contributed by atoms with E-state index in [2.05, 4.69) is 35.7 Å². The number of nitrogens with zero attached hydrogens (tertiary/aromatic N) is 2. The van der Waals surface area contributed by atoms with Gasteiger partial charge in [0.2, 0.25) is 0 Å². The maximum Gasteiger partial charge on any atom is 0.157 e. The third-order valence-electron chi connectivity index (χ3n) is 1.05. The first-order chi connectivity index (χ1) is 4.26. The van der Waals surface area contributed by atoms with Crippen molar-refractivity contribution in [2.24, 2.45) is 0 Å². The normalized spacial score (nSPS) is 11.3. The molecule has 0 aromatic rings. The van der Waals surface area contributed by atoms with Crippen molar-refractivity contribution in [2.75, 3.05) is 7.05 Å². The molecule has 0 bridgehead atoms. The Morgan fingerprint density at radius 2 is 1.33 bits per heavy atom. The minimum Gasteiger partial charge on any atom is -0.294 e. The van der Waals surface area contributed by atoms with E-state index in [0.717, 1.165) is 29.0 Å². The van der Waals surface area contributed by atoms with Crippen LogP contribution >= 0.6 is 0 Å². The van der Waals surface area contributed by atoms with Gasteiger partial charge in [-0.05, 0) is 7.05 Å². The Balaban J connectivity index is 3.50. The van der Waals surface area contributed by atoms with Gasteiger partial charge in [-0.3, -0.25) is 9.01 Å². The Hall–Kier alpha value is 0.571. The topological polar surface area (TPSA) is 6.48 Å². The minimum absolute atomic E-state index is 0.899. The highest BCUT2D eigenvalue weighted by atomic mass is 28.3. The zero-order valence-electron chi connectivity index (χ0n) is 6.39. The van der Waals surface area contributed by atoms with Crippen LogP contribution < -0.4 is 0 Å². The lowest BCUT2D eigenvalue weighted by Gasteiger charge is -2.27. The Labute approximate surface area is 65.3 Å². The molecule has 5 heteroatoms. The average molecular weight is 172 g/mol. The van der Waals surface area contributed by atoms with Gasteiger partial charge in [-0.1, -0.05) is 19.6 Å². The minimum atomic E-state index is 0.899. The molecular weight excluding hydrogens is 160 g/mol. The first kappa shape index (κ1) is 9.57. The van der Waals surface area contributed by atoms with Gasteiger partial charge in [-0.15, -0.1) is 0 Å². The SMILES string of the molecule is C[Si]N(C)N([Si]C)[Si]C. The number of hydrogen-bond donors (Lipinski definition) is 0. The smallest absolute Gasteiger partial charge is 0.157 e. The molecule has 0 atom stereocenters. The summed E-state index contributed by atoms with van der Waals surface area (Å²) in [5.41, 5.74) is 0. The molecule has 0 aliphatic heterocycles. The molecule has 0 aromatic heterocycles. The molecule has 0 aromatic carbocycles. The fraction of sp³-hybridized carbons (Fsp3) is 1.00. The summed E-state index contributed by atoms with van der Waals surface area (Å²) in [5.74, 6) is 0. The zero-order chi connectivity index (χ0) is 7.28. The quantitative estimate of drug-likeness (QED) is 0.440. The zero-order valence-corrected chi connectivity index (χ0v) is 9.39. The molecule has 6 radical (unpaired) electrons. The van der Waals surface area contributed by atoms with E-state index in [9.17, 15) is 0 Å². The molecule has 0 rings (SSSR count). The Bertz CT molecular complexity index is 66.8. The number of hydrogen-bond acceptors (Lipinski definition) is 2. The molecule has 50 valence electrons. The van der Waals surface area contributed by atoms with E-state index in [-0.39, 0.29) is 0 Å². The van der Waals surface area contributed by atoms with Crippen LogP contribution in [-0.2, 0) is 0 Å². The summed E-state index contributed by atoms with van der Waals surface area (Å²) in [5, 5.41) is 0. The van der Waals surface area contributed by atoms with E-state index in [4.69, 9.17) is 0 Å². The second-order valence-electron chi connectivity index (χ2n) is 1.51. The molecule has 0 fully saturated rings. The van der Waals surface area contributed by atoms with Crippen molar-refractivity contribution in [1.82, 2.24) is 9.01 Å². The lowest BCUT2D eigenvalue weighted by Crippen LogP contribution is -2.44. The van der Waals surface area contributed by atoms with Gasteiger partial charge in [0, 0.05) is 0 Å². The third kappa shape index (κ3) is 3.31. The van der Waals surface area contributed by atoms with E-state index in [1.54, 1.807) is 0 Å². The van der Waals surface area contributed by atoms with Crippen LogP contribution in [0.5, 0.6) is 0 Å². The summed E-state index contributed by atoms with van der Waals surface area (Å²) in [6, 6.07) is 0. The predicted octanol–water partition coefficient (Wildman–Crippen LogP) is 0.137. The van der Waals surface area contributed by atoms with Gasteiger partial charge in [0.1, 0.15) is 19.4 Å². The molecule has 0 unspecified atom stereocenters. The summed E-state index contributed by atoms with van der Waals surface area (Å²) >= 11 is 0. The average Bonchev–Trinajstić information content (AvgIpc) is 1.90. The van der Waals surface area contributed by atoms with Crippen LogP contribution in [0, 0.1) is 0 Å². The predicted molar refractivity (Wildman–Crippen MR) is 44.5 cm³/mol. The molecule has 0 saturated carbocycles. The number of hydrazine groups is 1. The fourth-order valence-corrected chi connectivity index (χ4v) is 3.41. The molecule has 0 aliphatic rings. The van der Waals surface area contributed by atoms with Gasteiger partial charge in [0.05, 0.1) is 0 Å². The van der Waals surface area contributed by atoms with Crippen LogP contribution in [0.1, 0.15) is 0 Å². The third-order valence-corrected chi connectivity index (χ3v) is 5.08. The molecule has 0 saturated heterocycles. The highest BCUT2D eigenvalue weighted by Crippen LogP contribution is 1.86. The maximum atomic E-state index is 2.37. The summed E-state index contributed by atoms with van der Waals surface area (Å²) < 4.78 is 4.66. The van der Waals surface area contributed by atoms with Crippen LogP contribution in [0.25, 0.3) is 0 Å². The molecule has 0 aliphatic carbocycles. The molecule has 0 spiro atoms. The standard InChI is InChI=1S/C4H12N2Si3/c1-5(7-2)6(8-3)9-4/h1-4H3. The summed E-state index contributed by atoms with van der Waals surface area (Å²) in [7, 11) is 4.87. The summed E-state index contributed by atoms with van der Waals surface area (Å²) in [6.07, 6.45) is 0. The van der Waals surface area contributed by atoms with Gasteiger partial charge in [0.15, 0.2) is 9.68 Å². The molecule has 0 amide bonds. The van der Waals surface area contributed by atoms with Crippen molar-refractivity contribution in [2.45, 2.75) is 19.6 Å². The van der Waals surface area contributed by atoms with E-state index in [1.165, 1.54) is 0 Å². The Morgan fingerprint density at radius 1 is 0.889 bits per heavy atom. The maximum absolute atomic E-state index is 2.37. The van der Waals surface area contributed by atoms with E-state index >= 15 is 0 Å². The monoisotopic (exact) mass is 172 g/mol. The van der Waals surface area contributed by atoms with Crippen molar-refractivity contribution in [3.8, 4) is 0 Å². The Kier molecular flexibility index (Phi) is 5.70. The van der Waals surface area contributed by atoms with Crippen LogP contribution in [0.2, 0.25) is 19.6 Å². The van der Waals surface area contributed by atoms with Crippen LogP contribution in [0.3, 0.4) is 0 Å². The molecule has 0 N–H and O–H groups in total. The molecule has 2 nitrogen and oxygen atoms in total. The van der Waals surface area contributed by atoms with Crippen molar-refractivity contribution < 1.29 is 0 Å². The van der Waals surface area contributed by atoms with Crippen LogP contribution in [0.4, 0.5) is 0 Å². The van der Waals surface area contributed by atoms with Crippen molar-refractivity contribution in [3.05, 3.63) is 0 Å². The highest BCUT2D eigenvalue weighted by molar-refractivity contribution is 6.50. The van der Waals surface area contributed by atoms with Gasteiger partial charge in [-0.25, -0.2) is 0 Å². The molecule has 0 heterocycles. The second-order valence-corrected chi connectivity index (χ2v) is 4.79. The van der Waals surface area contributed by atoms with Gasteiger partial charge in [0.25, 0.3) is 0 Å². The highest BCUT2D eigenvalue weighted by Gasteiger charge is 2.04. The fourth-order valence-electron chi connectivity index (χ4n) is 0.512. The van der Waals surface area contributed by atoms with E-state index in [0.29, 0.717) is 0 Å². The molecule has 9 heavy (non-hydrogen) atoms. The number of rotatable bonds is 4. The van der Waals surface area contributed by atoms with E-state index in [1.807, 2.05) is 0 Å². The summed E-state index contributed by atoms with van der Waals surface area (Å²) in [6.45, 7) is 6.63. The van der Waals surface area contributed by atoms with Crippen molar-refractivity contribution in [1.29, 1.82) is 0 Å². The largest absolute Gasteiger partial charge is 0.294 e. The van der Waals surface area contributed by atoms with Gasteiger partial charge >= 0.3 is 0 Å². The lowest BCUT2D eigenvalue weighted by molar-refractivity contribution is 0.328. The van der Waals surface area contributed by atoms with Gasteiger partial charge < -0.3 is 0 Å². The first-order valence-electron chi connectivity index (χ1n) is 2.82. The second kappa shape index (κ2) is 5.36. The Morgan fingerprint density at radius 3 is 1.44 bits per heavy atom.